The Morgan fingerprint density at radius 1 is 1.07 bits per heavy atom. The zero-order chi connectivity index (χ0) is 22.3. The molecule has 1 N–H and O–H groups in total. The molecule has 2 rings (SSSR count). The minimum atomic E-state index is -1.17. The van der Waals surface area contributed by atoms with E-state index in [1.54, 1.807) is 12.1 Å². The first kappa shape index (κ1) is 22.7. The fourth-order valence-electron chi connectivity index (χ4n) is 2.36. The van der Waals surface area contributed by atoms with Gasteiger partial charge in [0.05, 0.1) is 30.3 Å². The molecule has 0 radical (unpaired) electrons. The molecular weight excluding hydrogens is 392 g/mol. The zero-order valence-electron chi connectivity index (χ0n) is 17.2. The van der Waals surface area contributed by atoms with Crippen molar-refractivity contribution in [2.75, 3.05) is 19.0 Å². The Balaban J connectivity index is 2.00. The zero-order valence-corrected chi connectivity index (χ0v) is 17.2. The highest BCUT2D eigenvalue weighted by Crippen LogP contribution is 2.29. The highest BCUT2D eigenvalue weighted by molar-refractivity contribution is 5.98. The van der Waals surface area contributed by atoms with E-state index in [2.05, 4.69) is 5.32 Å². The number of rotatable bonds is 9. The quantitative estimate of drug-likeness (QED) is 0.375. The molecule has 0 aliphatic carbocycles. The minimum Gasteiger partial charge on any atom is -0.496 e. The van der Waals surface area contributed by atoms with Gasteiger partial charge in [0, 0.05) is 0 Å². The number of hydrogen-bond donors (Lipinski definition) is 1. The smallest absolute Gasteiger partial charge is 0.338 e. The van der Waals surface area contributed by atoms with Gasteiger partial charge in [-0.3, -0.25) is 14.9 Å². The summed E-state index contributed by atoms with van der Waals surface area (Å²) in [7, 11) is 1.38. The SMILES string of the molecule is COc1ccc(NC(=O)[C@H](C)OC(=O)c2ccc(OCC(C)C)cc2)c([N+](=O)[O-])c1. The maximum Gasteiger partial charge on any atom is 0.338 e. The molecule has 0 fully saturated rings. The number of hydrogen-bond acceptors (Lipinski definition) is 7. The van der Waals surface area contributed by atoms with E-state index in [1.807, 2.05) is 13.8 Å². The Hall–Kier alpha value is -3.62. The summed E-state index contributed by atoms with van der Waals surface area (Å²) >= 11 is 0. The van der Waals surface area contributed by atoms with Crippen molar-refractivity contribution in [2.24, 2.45) is 5.92 Å². The van der Waals surface area contributed by atoms with Crippen LogP contribution in [0.5, 0.6) is 11.5 Å². The third kappa shape index (κ3) is 6.20. The van der Waals surface area contributed by atoms with Crippen LogP contribution in [0.25, 0.3) is 0 Å². The molecule has 2 aromatic carbocycles. The number of benzene rings is 2. The molecule has 0 saturated heterocycles. The molecule has 9 heteroatoms. The topological polar surface area (TPSA) is 117 Å². The number of nitrogens with zero attached hydrogens (tertiary/aromatic N) is 1. The Bertz CT molecular complexity index is 910. The number of amides is 1. The summed E-state index contributed by atoms with van der Waals surface area (Å²) in [4.78, 5) is 35.2. The lowest BCUT2D eigenvalue weighted by Crippen LogP contribution is -2.30. The van der Waals surface area contributed by atoms with Crippen LogP contribution in [0.2, 0.25) is 0 Å². The van der Waals surface area contributed by atoms with Gasteiger partial charge in [0.1, 0.15) is 17.2 Å². The first-order valence-corrected chi connectivity index (χ1v) is 9.28. The molecule has 0 aliphatic rings. The first-order chi connectivity index (χ1) is 14.2. The van der Waals surface area contributed by atoms with Gasteiger partial charge in [0.25, 0.3) is 11.6 Å². The Kier molecular flexibility index (Phi) is 7.74. The molecule has 0 heterocycles. The van der Waals surface area contributed by atoms with Crippen molar-refractivity contribution in [1.82, 2.24) is 0 Å². The van der Waals surface area contributed by atoms with E-state index in [0.29, 0.717) is 18.3 Å². The second-order valence-corrected chi connectivity index (χ2v) is 6.91. The van der Waals surface area contributed by atoms with Crippen LogP contribution >= 0.6 is 0 Å². The summed E-state index contributed by atoms with van der Waals surface area (Å²) in [5, 5.41) is 13.6. The summed E-state index contributed by atoms with van der Waals surface area (Å²) in [6.45, 7) is 5.98. The summed E-state index contributed by atoms with van der Waals surface area (Å²) in [6.07, 6.45) is -1.17. The third-order valence-corrected chi connectivity index (χ3v) is 3.99. The van der Waals surface area contributed by atoms with Crippen molar-refractivity contribution < 1.29 is 28.7 Å². The molecule has 30 heavy (non-hydrogen) atoms. The Morgan fingerprint density at radius 3 is 2.27 bits per heavy atom. The number of esters is 1. The number of carbonyl (C=O) groups is 2. The molecule has 2 aromatic rings. The fourth-order valence-corrected chi connectivity index (χ4v) is 2.36. The van der Waals surface area contributed by atoms with Crippen LogP contribution in [0.3, 0.4) is 0 Å². The van der Waals surface area contributed by atoms with Crippen LogP contribution in [0, 0.1) is 16.0 Å². The molecule has 0 aromatic heterocycles. The van der Waals surface area contributed by atoms with E-state index in [1.165, 1.54) is 44.4 Å². The van der Waals surface area contributed by atoms with Gasteiger partial charge in [0.2, 0.25) is 0 Å². The average Bonchev–Trinajstić information content (AvgIpc) is 2.72. The molecule has 160 valence electrons. The van der Waals surface area contributed by atoms with E-state index in [0.717, 1.165) is 0 Å². The van der Waals surface area contributed by atoms with Crippen LogP contribution < -0.4 is 14.8 Å². The standard InChI is InChI=1S/C21H24N2O7/c1-13(2)12-29-16-7-5-15(6-8-16)21(25)30-14(3)20(24)22-18-10-9-17(28-4)11-19(18)23(26)27/h5-11,13-14H,12H2,1-4H3,(H,22,24)/t14-/m0/s1. The number of anilines is 1. The number of nitro groups is 1. The molecule has 1 atom stereocenters. The number of nitro benzene ring substituents is 1. The Morgan fingerprint density at radius 2 is 1.70 bits per heavy atom. The maximum atomic E-state index is 12.3. The van der Waals surface area contributed by atoms with Crippen LogP contribution in [-0.2, 0) is 9.53 Å². The van der Waals surface area contributed by atoms with Gasteiger partial charge in [-0.05, 0) is 49.2 Å². The lowest BCUT2D eigenvalue weighted by atomic mass is 10.2. The molecule has 0 spiro atoms. The highest BCUT2D eigenvalue weighted by Gasteiger charge is 2.23. The van der Waals surface area contributed by atoms with Crippen LogP contribution in [-0.4, -0.2) is 36.6 Å². The van der Waals surface area contributed by atoms with E-state index >= 15 is 0 Å². The maximum absolute atomic E-state index is 12.3. The van der Waals surface area contributed by atoms with Crippen molar-refractivity contribution in [3.63, 3.8) is 0 Å². The average molecular weight is 416 g/mol. The van der Waals surface area contributed by atoms with Gasteiger partial charge in [-0.1, -0.05) is 13.8 Å². The molecule has 0 saturated carbocycles. The fraction of sp³-hybridized carbons (Fsp3) is 0.333. The van der Waals surface area contributed by atoms with Crippen molar-refractivity contribution in [2.45, 2.75) is 26.9 Å². The number of nitrogens with one attached hydrogen (secondary N) is 1. The van der Waals surface area contributed by atoms with Gasteiger partial charge < -0.3 is 19.5 Å². The van der Waals surface area contributed by atoms with Gasteiger partial charge in [-0.15, -0.1) is 0 Å². The largest absolute Gasteiger partial charge is 0.496 e. The number of methoxy groups -OCH3 is 1. The van der Waals surface area contributed by atoms with Crippen LogP contribution in [0.1, 0.15) is 31.1 Å². The normalized spacial score (nSPS) is 11.5. The van der Waals surface area contributed by atoms with Crippen molar-refractivity contribution >= 4 is 23.3 Å². The predicted molar refractivity (Wildman–Crippen MR) is 110 cm³/mol. The monoisotopic (exact) mass is 416 g/mol. The van der Waals surface area contributed by atoms with E-state index in [9.17, 15) is 19.7 Å². The highest BCUT2D eigenvalue weighted by atomic mass is 16.6. The van der Waals surface area contributed by atoms with Crippen molar-refractivity contribution in [3.05, 3.63) is 58.1 Å². The molecular formula is C21H24N2O7. The second kappa shape index (κ2) is 10.2. The third-order valence-electron chi connectivity index (χ3n) is 3.99. The van der Waals surface area contributed by atoms with Crippen LogP contribution in [0.4, 0.5) is 11.4 Å². The van der Waals surface area contributed by atoms with Gasteiger partial charge in [-0.2, -0.15) is 0 Å². The minimum absolute atomic E-state index is 0.0275. The second-order valence-electron chi connectivity index (χ2n) is 6.91. The predicted octanol–water partition coefficient (Wildman–Crippen LogP) is 3.82. The van der Waals surface area contributed by atoms with Crippen molar-refractivity contribution in [1.29, 1.82) is 0 Å². The number of ether oxygens (including phenoxy) is 3. The molecule has 1 amide bonds. The van der Waals surface area contributed by atoms with Gasteiger partial charge >= 0.3 is 5.97 Å². The molecule has 0 unspecified atom stereocenters. The number of carbonyl (C=O) groups excluding carboxylic acids is 2. The van der Waals surface area contributed by atoms with Gasteiger partial charge in [-0.25, -0.2) is 4.79 Å². The van der Waals surface area contributed by atoms with Crippen LogP contribution in [0.15, 0.2) is 42.5 Å². The summed E-state index contributed by atoms with van der Waals surface area (Å²) in [5.41, 5.74) is -0.111. The molecule has 9 nitrogen and oxygen atoms in total. The lowest BCUT2D eigenvalue weighted by Gasteiger charge is -2.14. The summed E-state index contributed by atoms with van der Waals surface area (Å²) in [5.74, 6) is -0.126. The molecule has 0 aliphatic heterocycles. The van der Waals surface area contributed by atoms with Crippen molar-refractivity contribution in [3.8, 4) is 11.5 Å². The van der Waals surface area contributed by atoms with E-state index in [4.69, 9.17) is 14.2 Å². The lowest BCUT2D eigenvalue weighted by molar-refractivity contribution is -0.384. The van der Waals surface area contributed by atoms with E-state index < -0.39 is 22.9 Å². The summed E-state index contributed by atoms with van der Waals surface area (Å²) in [6, 6.07) is 10.4. The summed E-state index contributed by atoms with van der Waals surface area (Å²) < 4.78 is 15.7. The van der Waals surface area contributed by atoms with E-state index in [-0.39, 0.29) is 22.7 Å². The Labute approximate surface area is 174 Å². The molecule has 0 bridgehead atoms. The van der Waals surface area contributed by atoms with Gasteiger partial charge in [0.15, 0.2) is 6.10 Å². The first-order valence-electron chi connectivity index (χ1n) is 9.28.